The van der Waals surface area contributed by atoms with Gasteiger partial charge in [0.05, 0.1) is 6.61 Å². The molecule has 0 radical (unpaired) electrons. The summed E-state index contributed by atoms with van der Waals surface area (Å²) in [6.07, 6.45) is 1.97. The van der Waals surface area contributed by atoms with Crippen LogP contribution in [-0.2, 0) is 4.74 Å². The van der Waals surface area contributed by atoms with Crippen LogP contribution in [-0.4, -0.2) is 18.8 Å². The monoisotopic (exact) mass is 303 g/mol. The van der Waals surface area contributed by atoms with E-state index in [-0.39, 0.29) is 0 Å². The molecule has 110 valence electrons. The first-order valence-corrected chi connectivity index (χ1v) is 7.75. The van der Waals surface area contributed by atoms with Crippen molar-refractivity contribution in [2.75, 3.05) is 18.6 Å². The fourth-order valence-corrected chi connectivity index (χ4v) is 2.35. The van der Waals surface area contributed by atoms with Gasteiger partial charge in [-0.1, -0.05) is 12.1 Å². The molecule has 0 saturated heterocycles. The molecule has 0 aromatic heterocycles. The van der Waals surface area contributed by atoms with Crippen LogP contribution in [0.4, 0.5) is 5.69 Å². The highest BCUT2D eigenvalue weighted by Gasteiger charge is 2.16. The van der Waals surface area contributed by atoms with E-state index in [1.165, 1.54) is 0 Å². The van der Waals surface area contributed by atoms with E-state index in [2.05, 4.69) is 0 Å². The summed E-state index contributed by atoms with van der Waals surface area (Å²) in [6, 6.07) is 12.6. The number of nitrogens with two attached hydrogens (primary N) is 1. The Morgan fingerprint density at radius 3 is 2.67 bits per heavy atom. The van der Waals surface area contributed by atoms with Crippen molar-refractivity contribution >= 4 is 23.4 Å². The number of esters is 1. The lowest BCUT2D eigenvalue weighted by Crippen LogP contribution is -2.07. The van der Waals surface area contributed by atoms with Crippen LogP contribution >= 0.6 is 11.8 Å². The van der Waals surface area contributed by atoms with Crippen molar-refractivity contribution in [2.24, 2.45) is 0 Å². The minimum absolute atomic E-state index is 0.300. The van der Waals surface area contributed by atoms with Crippen LogP contribution < -0.4 is 10.5 Å². The summed E-state index contributed by atoms with van der Waals surface area (Å²) in [4.78, 5) is 13.0. The Labute approximate surface area is 128 Å². The number of anilines is 1. The lowest BCUT2D eigenvalue weighted by molar-refractivity contribution is 0.0523. The Balaban J connectivity index is 2.37. The first kappa shape index (κ1) is 15.3. The zero-order valence-corrected chi connectivity index (χ0v) is 12.8. The molecule has 2 rings (SSSR count). The fourth-order valence-electron chi connectivity index (χ4n) is 1.83. The second-order valence-electron chi connectivity index (χ2n) is 4.23. The first-order valence-electron chi connectivity index (χ1n) is 6.53. The standard InChI is InChI=1S/C16H17NO3S/c1-3-19-16(18)12-10-11(17)8-9-13(12)20-14-6-4-5-7-15(14)21-2/h4-10H,3,17H2,1-2H3. The molecule has 0 aliphatic rings. The Morgan fingerprint density at radius 1 is 1.19 bits per heavy atom. The van der Waals surface area contributed by atoms with E-state index in [1.54, 1.807) is 36.9 Å². The Bertz CT molecular complexity index is 643. The Kier molecular flexibility index (Phi) is 5.11. The van der Waals surface area contributed by atoms with Gasteiger partial charge in [0.15, 0.2) is 0 Å². The summed E-state index contributed by atoms with van der Waals surface area (Å²) >= 11 is 1.58. The number of thioether (sulfide) groups is 1. The highest BCUT2D eigenvalue weighted by Crippen LogP contribution is 2.33. The first-order chi connectivity index (χ1) is 10.2. The van der Waals surface area contributed by atoms with Crippen molar-refractivity contribution in [1.29, 1.82) is 0 Å². The topological polar surface area (TPSA) is 61.5 Å². The predicted molar refractivity (Wildman–Crippen MR) is 85.1 cm³/mol. The molecule has 0 fully saturated rings. The summed E-state index contributed by atoms with van der Waals surface area (Å²) in [5.41, 5.74) is 6.56. The van der Waals surface area contributed by atoms with E-state index in [1.807, 2.05) is 30.5 Å². The summed E-state index contributed by atoms with van der Waals surface area (Å²) in [6.45, 7) is 2.06. The van der Waals surface area contributed by atoms with Crippen LogP contribution in [0.1, 0.15) is 17.3 Å². The van der Waals surface area contributed by atoms with Gasteiger partial charge in [-0.2, -0.15) is 0 Å². The molecule has 5 heteroatoms. The van der Waals surface area contributed by atoms with Crippen molar-refractivity contribution < 1.29 is 14.3 Å². The number of para-hydroxylation sites is 1. The van der Waals surface area contributed by atoms with Gasteiger partial charge in [0, 0.05) is 10.6 Å². The maximum atomic E-state index is 12.0. The number of carbonyl (C=O) groups is 1. The third-order valence-electron chi connectivity index (χ3n) is 2.79. The molecule has 2 N–H and O–H groups in total. The smallest absolute Gasteiger partial charge is 0.342 e. The molecule has 2 aromatic carbocycles. The molecule has 21 heavy (non-hydrogen) atoms. The van der Waals surface area contributed by atoms with Gasteiger partial charge in [-0.25, -0.2) is 4.79 Å². The Morgan fingerprint density at radius 2 is 1.95 bits per heavy atom. The van der Waals surface area contributed by atoms with Gasteiger partial charge < -0.3 is 15.2 Å². The number of benzene rings is 2. The molecule has 2 aromatic rings. The van der Waals surface area contributed by atoms with Crippen LogP contribution in [0.25, 0.3) is 0 Å². The van der Waals surface area contributed by atoms with E-state index in [0.29, 0.717) is 29.4 Å². The molecule has 0 unspecified atom stereocenters. The quantitative estimate of drug-likeness (QED) is 0.514. The second kappa shape index (κ2) is 7.04. The van der Waals surface area contributed by atoms with E-state index >= 15 is 0 Å². The third-order valence-corrected chi connectivity index (χ3v) is 3.57. The van der Waals surface area contributed by atoms with Crippen LogP contribution in [0.3, 0.4) is 0 Å². The summed E-state index contributed by atoms with van der Waals surface area (Å²) in [5.74, 6) is 0.686. The largest absolute Gasteiger partial charge is 0.462 e. The lowest BCUT2D eigenvalue weighted by atomic mass is 10.2. The van der Waals surface area contributed by atoms with Crippen molar-refractivity contribution in [3.63, 3.8) is 0 Å². The Hall–Kier alpha value is -2.14. The lowest BCUT2D eigenvalue weighted by Gasteiger charge is -2.13. The van der Waals surface area contributed by atoms with Crippen LogP contribution in [0.5, 0.6) is 11.5 Å². The van der Waals surface area contributed by atoms with Crippen LogP contribution in [0.2, 0.25) is 0 Å². The molecular weight excluding hydrogens is 286 g/mol. The van der Waals surface area contributed by atoms with Gasteiger partial charge >= 0.3 is 5.97 Å². The maximum Gasteiger partial charge on any atom is 0.342 e. The summed E-state index contributed by atoms with van der Waals surface area (Å²) in [7, 11) is 0. The van der Waals surface area contributed by atoms with Crippen molar-refractivity contribution in [1.82, 2.24) is 0 Å². The number of hydrogen-bond acceptors (Lipinski definition) is 5. The van der Waals surface area contributed by atoms with E-state index in [4.69, 9.17) is 15.2 Å². The molecule has 0 atom stereocenters. The average Bonchev–Trinajstić information content (AvgIpc) is 2.49. The van der Waals surface area contributed by atoms with Gasteiger partial charge in [-0.05, 0) is 43.5 Å². The average molecular weight is 303 g/mol. The highest BCUT2D eigenvalue weighted by atomic mass is 32.2. The second-order valence-corrected chi connectivity index (χ2v) is 5.08. The highest BCUT2D eigenvalue weighted by molar-refractivity contribution is 7.98. The predicted octanol–water partition coefficient (Wildman–Crippen LogP) is 3.96. The van der Waals surface area contributed by atoms with Crippen molar-refractivity contribution in [3.05, 3.63) is 48.0 Å². The normalized spacial score (nSPS) is 10.2. The zero-order chi connectivity index (χ0) is 15.2. The molecular formula is C16H17NO3S. The number of carbonyl (C=O) groups excluding carboxylic acids is 1. The molecule has 0 heterocycles. The van der Waals surface area contributed by atoms with E-state index < -0.39 is 5.97 Å². The molecule has 4 nitrogen and oxygen atoms in total. The molecule has 0 aliphatic heterocycles. The molecule has 0 spiro atoms. The van der Waals surface area contributed by atoms with E-state index in [0.717, 1.165) is 4.90 Å². The number of rotatable bonds is 5. The SMILES string of the molecule is CCOC(=O)c1cc(N)ccc1Oc1ccccc1SC. The van der Waals surface area contributed by atoms with Gasteiger partial charge in [-0.3, -0.25) is 0 Å². The van der Waals surface area contributed by atoms with E-state index in [9.17, 15) is 4.79 Å². The molecule has 0 saturated carbocycles. The summed E-state index contributed by atoms with van der Waals surface area (Å²) in [5, 5.41) is 0. The van der Waals surface area contributed by atoms with Gasteiger partial charge in [0.1, 0.15) is 17.1 Å². The van der Waals surface area contributed by atoms with Crippen molar-refractivity contribution in [3.8, 4) is 11.5 Å². The van der Waals surface area contributed by atoms with Gasteiger partial charge in [0.25, 0.3) is 0 Å². The number of nitrogen functional groups attached to an aromatic ring is 1. The van der Waals surface area contributed by atoms with Gasteiger partial charge in [0.2, 0.25) is 0 Å². The maximum absolute atomic E-state index is 12.0. The van der Waals surface area contributed by atoms with Crippen LogP contribution in [0, 0.1) is 0 Å². The summed E-state index contributed by atoms with van der Waals surface area (Å²) < 4.78 is 10.9. The van der Waals surface area contributed by atoms with Crippen LogP contribution in [0.15, 0.2) is 47.4 Å². The van der Waals surface area contributed by atoms with Gasteiger partial charge in [-0.15, -0.1) is 11.8 Å². The zero-order valence-electron chi connectivity index (χ0n) is 12.0. The minimum Gasteiger partial charge on any atom is -0.462 e. The molecule has 0 aliphatic carbocycles. The minimum atomic E-state index is -0.443. The fraction of sp³-hybridized carbons (Fsp3) is 0.188. The number of hydrogen-bond donors (Lipinski definition) is 1. The molecule has 0 amide bonds. The van der Waals surface area contributed by atoms with Crippen molar-refractivity contribution in [2.45, 2.75) is 11.8 Å². The number of ether oxygens (including phenoxy) is 2. The molecule has 0 bridgehead atoms. The third kappa shape index (κ3) is 3.70.